The molecule has 0 aliphatic heterocycles. The molecular weight excluding hydrogens is 242 g/mol. The van der Waals surface area contributed by atoms with E-state index in [4.69, 9.17) is 0 Å². The molecule has 1 rings (SSSR count). The Morgan fingerprint density at radius 3 is 2.82 bits per heavy atom. The standard InChI is InChI=1S/C9H19N5O2S/c1-3-10-5-4-6-17(15,16)12-7-9-11-8-14(2)13-9/h8,10,12H,3-7H2,1-2H3. The summed E-state index contributed by atoms with van der Waals surface area (Å²) in [6, 6.07) is 0. The van der Waals surface area contributed by atoms with Crippen molar-refractivity contribution in [2.75, 3.05) is 18.8 Å². The van der Waals surface area contributed by atoms with Gasteiger partial charge in [-0.05, 0) is 19.5 Å². The Morgan fingerprint density at radius 2 is 2.24 bits per heavy atom. The van der Waals surface area contributed by atoms with Gasteiger partial charge in [-0.15, -0.1) is 0 Å². The first-order valence-corrected chi connectivity index (χ1v) is 7.21. The molecule has 1 aromatic heterocycles. The molecule has 1 heterocycles. The number of rotatable bonds is 8. The third-order valence-electron chi connectivity index (χ3n) is 2.11. The maximum Gasteiger partial charge on any atom is 0.212 e. The molecule has 0 unspecified atom stereocenters. The van der Waals surface area contributed by atoms with Gasteiger partial charge in [-0.1, -0.05) is 6.92 Å². The largest absolute Gasteiger partial charge is 0.317 e. The molecule has 0 aliphatic rings. The summed E-state index contributed by atoms with van der Waals surface area (Å²) in [5.41, 5.74) is 0. The fraction of sp³-hybridized carbons (Fsp3) is 0.778. The summed E-state index contributed by atoms with van der Waals surface area (Å²) in [6.45, 7) is 3.69. The number of aromatic nitrogens is 3. The Kier molecular flexibility index (Phi) is 5.52. The Hall–Kier alpha value is -0.990. The molecule has 0 bridgehead atoms. The molecule has 1 aromatic rings. The van der Waals surface area contributed by atoms with E-state index in [-0.39, 0.29) is 12.3 Å². The highest BCUT2D eigenvalue weighted by Gasteiger charge is 2.10. The average molecular weight is 261 g/mol. The smallest absolute Gasteiger partial charge is 0.212 e. The Balaban J connectivity index is 2.29. The zero-order valence-corrected chi connectivity index (χ0v) is 11.0. The normalized spacial score (nSPS) is 11.9. The second-order valence-corrected chi connectivity index (χ2v) is 5.61. The minimum Gasteiger partial charge on any atom is -0.317 e. The van der Waals surface area contributed by atoms with Crippen LogP contribution in [0.25, 0.3) is 0 Å². The van der Waals surface area contributed by atoms with Crippen molar-refractivity contribution in [1.29, 1.82) is 0 Å². The lowest BCUT2D eigenvalue weighted by atomic mass is 10.5. The van der Waals surface area contributed by atoms with Gasteiger partial charge >= 0.3 is 0 Å². The molecule has 0 fully saturated rings. The van der Waals surface area contributed by atoms with Crippen LogP contribution in [0, 0.1) is 0 Å². The van der Waals surface area contributed by atoms with Crippen LogP contribution in [-0.4, -0.2) is 42.0 Å². The van der Waals surface area contributed by atoms with Gasteiger partial charge in [0.1, 0.15) is 6.33 Å². The number of nitrogens with zero attached hydrogens (tertiary/aromatic N) is 3. The first-order valence-electron chi connectivity index (χ1n) is 5.56. The predicted octanol–water partition coefficient (Wildman–Crippen LogP) is -0.766. The van der Waals surface area contributed by atoms with Gasteiger partial charge in [-0.25, -0.2) is 18.1 Å². The molecule has 0 aromatic carbocycles. The van der Waals surface area contributed by atoms with Gasteiger partial charge in [0.05, 0.1) is 12.3 Å². The zero-order valence-electron chi connectivity index (χ0n) is 10.2. The van der Waals surface area contributed by atoms with Crippen LogP contribution >= 0.6 is 0 Å². The van der Waals surface area contributed by atoms with Crippen LogP contribution in [0.3, 0.4) is 0 Å². The van der Waals surface area contributed by atoms with Crippen molar-refractivity contribution in [3.63, 3.8) is 0 Å². The van der Waals surface area contributed by atoms with Gasteiger partial charge in [0.2, 0.25) is 10.0 Å². The number of hydrogen-bond donors (Lipinski definition) is 2. The van der Waals surface area contributed by atoms with Crippen LogP contribution in [0.15, 0.2) is 6.33 Å². The van der Waals surface area contributed by atoms with Crippen molar-refractivity contribution in [2.24, 2.45) is 7.05 Å². The predicted molar refractivity (Wildman–Crippen MR) is 64.8 cm³/mol. The maximum atomic E-state index is 11.6. The minimum atomic E-state index is -3.23. The molecular formula is C9H19N5O2S. The van der Waals surface area contributed by atoms with E-state index < -0.39 is 10.0 Å². The molecule has 0 spiro atoms. The van der Waals surface area contributed by atoms with Crippen molar-refractivity contribution in [3.8, 4) is 0 Å². The first kappa shape index (κ1) is 14.1. The lowest BCUT2D eigenvalue weighted by molar-refractivity contribution is 0.573. The van der Waals surface area contributed by atoms with Crippen molar-refractivity contribution in [1.82, 2.24) is 24.8 Å². The second kappa shape index (κ2) is 6.67. The van der Waals surface area contributed by atoms with E-state index >= 15 is 0 Å². The number of aryl methyl sites for hydroxylation is 1. The second-order valence-electron chi connectivity index (χ2n) is 3.68. The highest BCUT2D eigenvalue weighted by molar-refractivity contribution is 7.89. The van der Waals surface area contributed by atoms with Gasteiger partial charge in [0.25, 0.3) is 0 Å². The topological polar surface area (TPSA) is 88.9 Å². The quantitative estimate of drug-likeness (QED) is 0.600. The molecule has 0 amide bonds. The van der Waals surface area contributed by atoms with Crippen LogP contribution < -0.4 is 10.0 Å². The van der Waals surface area contributed by atoms with Crippen LogP contribution in [0.5, 0.6) is 0 Å². The summed E-state index contributed by atoms with van der Waals surface area (Å²) in [5, 5.41) is 7.07. The average Bonchev–Trinajstić information content (AvgIpc) is 2.68. The molecule has 0 aliphatic carbocycles. The van der Waals surface area contributed by atoms with E-state index in [1.165, 1.54) is 11.0 Å². The molecule has 0 atom stereocenters. The summed E-state index contributed by atoms with van der Waals surface area (Å²) >= 11 is 0. The molecule has 7 nitrogen and oxygen atoms in total. The molecule has 0 radical (unpaired) electrons. The van der Waals surface area contributed by atoms with Crippen LogP contribution in [-0.2, 0) is 23.6 Å². The van der Waals surface area contributed by atoms with E-state index in [9.17, 15) is 8.42 Å². The van der Waals surface area contributed by atoms with Gasteiger partial charge in [-0.3, -0.25) is 4.68 Å². The van der Waals surface area contributed by atoms with Crippen molar-refractivity contribution < 1.29 is 8.42 Å². The monoisotopic (exact) mass is 261 g/mol. The maximum absolute atomic E-state index is 11.6. The van der Waals surface area contributed by atoms with E-state index in [2.05, 4.69) is 20.1 Å². The Bertz CT molecular complexity index is 428. The summed E-state index contributed by atoms with van der Waals surface area (Å²) in [6.07, 6.45) is 2.13. The lowest BCUT2D eigenvalue weighted by Crippen LogP contribution is -2.28. The van der Waals surface area contributed by atoms with E-state index in [0.717, 1.165) is 6.54 Å². The fourth-order valence-corrected chi connectivity index (χ4v) is 2.29. The number of nitrogens with one attached hydrogen (secondary N) is 2. The van der Waals surface area contributed by atoms with E-state index in [1.807, 2.05) is 6.92 Å². The summed E-state index contributed by atoms with van der Waals surface area (Å²) in [5.74, 6) is 0.593. The van der Waals surface area contributed by atoms with Crippen molar-refractivity contribution in [3.05, 3.63) is 12.2 Å². The van der Waals surface area contributed by atoms with Crippen LogP contribution in [0.2, 0.25) is 0 Å². The molecule has 8 heteroatoms. The minimum absolute atomic E-state index is 0.118. The zero-order chi connectivity index (χ0) is 12.7. The molecule has 98 valence electrons. The lowest BCUT2D eigenvalue weighted by Gasteiger charge is -2.05. The van der Waals surface area contributed by atoms with Gasteiger partial charge in [0.15, 0.2) is 5.82 Å². The van der Waals surface area contributed by atoms with Gasteiger partial charge < -0.3 is 5.32 Å². The first-order chi connectivity index (χ1) is 8.03. The summed E-state index contributed by atoms with van der Waals surface area (Å²) < 4.78 is 27.2. The molecule has 0 saturated heterocycles. The van der Waals surface area contributed by atoms with Crippen LogP contribution in [0.4, 0.5) is 0 Å². The highest BCUT2D eigenvalue weighted by atomic mass is 32.2. The molecule has 17 heavy (non-hydrogen) atoms. The number of sulfonamides is 1. The van der Waals surface area contributed by atoms with Crippen molar-refractivity contribution >= 4 is 10.0 Å². The summed E-state index contributed by atoms with van der Waals surface area (Å²) in [7, 11) is -1.49. The van der Waals surface area contributed by atoms with Gasteiger partial charge in [0, 0.05) is 7.05 Å². The van der Waals surface area contributed by atoms with Gasteiger partial charge in [-0.2, -0.15) is 5.10 Å². The molecule has 2 N–H and O–H groups in total. The fourth-order valence-electron chi connectivity index (χ4n) is 1.28. The Morgan fingerprint density at radius 1 is 1.47 bits per heavy atom. The molecule has 0 saturated carbocycles. The van der Waals surface area contributed by atoms with E-state index in [1.54, 1.807) is 7.05 Å². The summed E-state index contributed by atoms with van der Waals surface area (Å²) in [4.78, 5) is 3.94. The third kappa shape index (κ3) is 5.76. The third-order valence-corrected chi connectivity index (χ3v) is 3.52. The van der Waals surface area contributed by atoms with Crippen LogP contribution in [0.1, 0.15) is 19.2 Å². The number of hydrogen-bond acceptors (Lipinski definition) is 5. The van der Waals surface area contributed by atoms with E-state index in [0.29, 0.717) is 18.8 Å². The SMILES string of the molecule is CCNCCCS(=O)(=O)NCc1ncn(C)n1. The van der Waals surface area contributed by atoms with Crippen molar-refractivity contribution in [2.45, 2.75) is 19.9 Å². The Labute approximate surface area is 102 Å². The highest BCUT2D eigenvalue weighted by Crippen LogP contribution is 1.93.